The van der Waals surface area contributed by atoms with Crippen molar-refractivity contribution in [2.24, 2.45) is 17.6 Å². The smallest absolute Gasteiger partial charge is 0.0243 e. The van der Waals surface area contributed by atoms with Gasteiger partial charge in [0, 0.05) is 12.6 Å². The molecule has 1 fully saturated rings. The summed E-state index contributed by atoms with van der Waals surface area (Å²) in [5.74, 6) is 1.69. The monoisotopic (exact) mass is 184 g/mol. The van der Waals surface area contributed by atoms with Crippen molar-refractivity contribution in [3.05, 3.63) is 0 Å². The maximum Gasteiger partial charge on any atom is 0.0243 e. The molecule has 0 spiro atoms. The van der Waals surface area contributed by atoms with Crippen molar-refractivity contribution in [2.75, 3.05) is 20.6 Å². The molecule has 2 nitrogen and oxygen atoms in total. The van der Waals surface area contributed by atoms with Gasteiger partial charge in [-0.25, -0.2) is 0 Å². The summed E-state index contributed by atoms with van der Waals surface area (Å²) in [5, 5.41) is 0. The molecule has 1 rings (SSSR count). The molecule has 0 heterocycles. The maximum absolute atomic E-state index is 5.83. The fourth-order valence-electron chi connectivity index (χ4n) is 2.69. The summed E-state index contributed by atoms with van der Waals surface area (Å²) in [4.78, 5) is 2.30. The van der Waals surface area contributed by atoms with Gasteiger partial charge in [-0.3, -0.25) is 0 Å². The first kappa shape index (κ1) is 11.0. The molecular weight excluding hydrogens is 160 g/mol. The molecule has 0 bridgehead atoms. The van der Waals surface area contributed by atoms with E-state index in [4.69, 9.17) is 5.73 Å². The van der Waals surface area contributed by atoms with Crippen LogP contribution in [0, 0.1) is 11.8 Å². The first-order valence-electron chi connectivity index (χ1n) is 5.53. The fraction of sp³-hybridized carbons (Fsp3) is 1.00. The predicted molar refractivity (Wildman–Crippen MR) is 57.7 cm³/mol. The van der Waals surface area contributed by atoms with Crippen LogP contribution >= 0.6 is 0 Å². The van der Waals surface area contributed by atoms with E-state index in [2.05, 4.69) is 25.9 Å². The van der Waals surface area contributed by atoms with Crippen LogP contribution in [0.25, 0.3) is 0 Å². The van der Waals surface area contributed by atoms with Crippen LogP contribution < -0.4 is 5.73 Å². The molecule has 1 saturated carbocycles. The van der Waals surface area contributed by atoms with Crippen LogP contribution in [0.2, 0.25) is 0 Å². The molecule has 0 saturated heterocycles. The standard InChI is InChI=1S/C11H24N2/c1-9-6-4-5-7-10(9)11(8-12)13(2)3/h9-11H,4-8,12H2,1-3H3. The van der Waals surface area contributed by atoms with Gasteiger partial charge in [0.25, 0.3) is 0 Å². The third-order valence-corrected chi connectivity index (χ3v) is 3.58. The lowest BCUT2D eigenvalue weighted by Gasteiger charge is -2.38. The minimum atomic E-state index is 0.593. The zero-order chi connectivity index (χ0) is 9.84. The first-order valence-corrected chi connectivity index (χ1v) is 5.53. The van der Waals surface area contributed by atoms with Gasteiger partial charge in [-0.1, -0.05) is 26.2 Å². The van der Waals surface area contributed by atoms with E-state index in [0.29, 0.717) is 6.04 Å². The lowest BCUT2D eigenvalue weighted by Crippen LogP contribution is -2.44. The second-order valence-corrected chi connectivity index (χ2v) is 4.69. The minimum absolute atomic E-state index is 0.593. The topological polar surface area (TPSA) is 29.3 Å². The molecule has 3 atom stereocenters. The van der Waals surface area contributed by atoms with Crippen LogP contribution in [0.15, 0.2) is 0 Å². The fourth-order valence-corrected chi connectivity index (χ4v) is 2.69. The Morgan fingerprint density at radius 2 is 1.92 bits per heavy atom. The number of likely N-dealkylation sites (N-methyl/N-ethyl adjacent to an activating group) is 1. The van der Waals surface area contributed by atoms with E-state index in [1.165, 1.54) is 25.7 Å². The molecule has 0 aliphatic heterocycles. The summed E-state index contributed by atoms with van der Waals surface area (Å²) >= 11 is 0. The molecule has 2 heteroatoms. The van der Waals surface area contributed by atoms with Crippen molar-refractivity contribution in [1.82, 2.24) is 4.90 Å². The SMILES string of the molecule is CC1CCCCC1C(CN)N(C)C. The van der Waals surface area contributed by atoms with Crippen LogP contribution in [0.4, 0.5) is 0 Å². The number of rotatable bonds is 3. The van der Waals surface area contributed by atoms with E-state index in [-0.39, 0.29) is 0 Å². The number of nitrogens with two attached hydrogens (primary N) is 1. The van der Waals surface area contributed by atoms with Gasteiger partial charge >= 0.3 is 0 Å². The van der Waals surface area contributed by atoms with Gasteiger partial charge in [-0.05, 0) is 32.4 Å². The second kappa shape index (κ2) is 4.97. The summed E-state index contributed by atoms with van der Waals surface area (Å²) in [6.07, 6.45) is 5.60. The number of hydrogen-bond acceptors (Lipinski definition) is 2. The molecule has 78 valence electrons. The van der Waals surface area contributed by atoms with Gasteiger partial charge in [0.05, 0.1) is 0 Å². The number of hydrogen-bond donors (Lipinski definition) is 1. The molecule has 13 heavy (non-hydrogen) atoms. The summed E-state index contributed by atoms with van der Waals surface area (Å²) in [7, 11) is 4.30. The van der Waals surface area contributed by atoms with E-state index >= 15 is 0 Å². The Hall–Kier alpha value is -0.0800. The molecule has 0 amide bonds. The van der Waals surface area contributed by atoms with E-state index in [9.17, 15) is 0 Å². The van der Waals surface area contributed by atoms with Gasteiger partial charge in [0.1, 0.15) is 0 Å². The molecule has 0 aromatic rings. The zero-order valence-electron chi connectivity index (χ0n) is 9.29. The van der Waals surface area contributed by atoms with Gasteiger partial charge in [-0.15, -0.1) is 0 Å². The molecule has 0 radical (unpaired) electrons. The maximum atomic E-state index is 5.83. The minimum Gasteiger partial charge on any atom is -0.329 e. The Kier molecular flexibility index (Phi) is 4.20. The molecule has 1 aliphatic rings. The lowest BCUT2D eigenvalue weighted by atomic mass is 9.76. The Morgan fingerprint density at radius 3 is 2.38 bits per heavy atom. The van der Waals surface area contributed by atoms with Crippen LogP contribution in [-0.4, -0.2) is 31.6 Å². The molecule has 2 N–H and O–H groups in total. The highest BCUT2D eigenvalue weighted by Crippen LogP contribution is 2.32. The van der Waals surface area contributed by atoms with E-state index in [1.807, 2.05) is 0 Å². The van der Waals surface area contributed by atoms with Crippen molar-refractivity contribution in [1.29, 1.82) is 0 Å². The van der Waals surface area contributed by atoms with Gasteiger partial charge in [0.2, 0.25) is 0 Å². The van der Waals surface area contributed by atoms with Gasteiger partial charge < -0.3 is 10.6 Å². The Labute approximate surface area is 82.5 Å². The average molecular weight is 184 g/mol. The molecule has 0 aromatic carbocycles. The van der Waals surface area contributed by atoms with E-state index in [1.54, 1.807) is 0 Å². The Balaban J connectivity index is 2.55. The first-order chi connectivity index (χ1) is 6.16. The Morgan fingerprint density at radius 1 is 1.31 bits per heavy atom. The van der Waals surface area contributed by atoms with E-state index < -0.39 is 0 Å². The summed E-state index contributed by atoms with van der Waals surface area (Å²) in [5.41, 5.74) is 5.83. The van der Waals surface area contributed by atoms with E-state index in [0.717, 1.165) is 18.4 Å². The van der Waals surface area contributed by atoms with Gasteiger partial charge in [0.15, 0.2) is 0 Å². The highest BCUT2D eigenvalue weighted by Gasteiger charge is 2.29. The number of nitrogens with zero attached hydrogens (tertiary/aromatic N) is 1. The van der Waals surface area contributed by atoms with Gasteiger partial charge in [-0.2, -0.15) is 0 Å². The van der Waals surface area contributed by atoms with Crippen molar-refractivity contribution in [3.63, 3.8) is 0 Å². The predicted octanol–water partition coefficient (Wildman–Crippen LogP) is 1.70. The highest BCUT2D eigenvalue weighted by atomic mass is 15.1. The second-order valence-electron chi connectivity index (χ2n) is 4.69. The third-order valence-electron chi connectivity index (χ3n) is 3.58. The third kappa shape index (κ3) is 2.68. The van der Waals surface area contributed by atoms with Crippen molar-refractivity contribution in [2.45, 2.75) is 38.6 Å². The molecular formula is C11H24N2. The summed E-state index contributed by atoms with van der Waals surface area (Å²) in [6, 6.07) is 0.593. The highest BCUT2D eigenvalue weighted by molar-refractivity contribution is 4.83. The zero-order valence-corrected chi connectivity index (χ0v) is 9.29. The summed E-state index contributed by atoms with van der Waals surface area (Å²) < 4.78 is 0. The van der Waals surface area contributed by atoms with Crippen molar-refractivity contribution in [3.8, 4) is 0 Å². The molecule has 0 aromatic heterocycles. The largest absolute Gasteiger partial charge is 0.329 e. The van der Waals surface area contributed by atoms with Crippen LogP contribution in [-0.2, 0) is 0 Å². The molecule has 1 aliphatic carbocycles. The van der Waals surface area contributed by atoms with Crippen molar-refractivity contribution < 1.29 is 0 Å². The van der Waals surface area contributed by atoms with Crippen LogP contribution in [0.3, 0.4) is 0 Å². The molecule has 3 unspecified atom stereocenters. The quantitative estimate of drug-likeness (QED) is 0.723. The normalized spacial score (nSPS) is 32.1. The van der Waals surface area contributed by atoms with Crippen molar-refractivity contribution >= 4 is 0 Å². The average Bonchev–Trinajstić information content (AvgIpc) is 2.09. The van der Waals surface area contributed by atoms with Crippen LogP contribution in [0.1, 0.15) is 32.6 Å². The summed E-state index contributed by atoms with van der Waals surface area (Å²) in [6.45, 7) is 3.19. The Bertz CT molecular complexity index is 145. The van der Waals surface area contributed by atoms with Crippen LogP contribution in [0.5, 0.6) is 0 Å². The lowest BCUT2D eigenvalue weighted by molar-refractivity contribution is 0.129.